The van der Waals surface area contributed by atoms with Crippen molar-refractivity contribution in [1.29, 1.82) is 0 Å². The molecule has 1 N–H and O–H groups in total. The Morgan fingerprint density at radius 3 is 2.78 bits per heavy atom. The smallest absolute Gasteiger partial charge is 0.138 e. The Kier molecular flexibility index (Phi) is 5.84. The zero-order chi connectivity index (χ0) is 22.5. The molecule has 0 aliphatic heterocycles. The summed E-state index contributed by atoms with van der Waals surface area (Å²) in [5.74, 6) is 4.56. The Morgan fingerprint density at radius 1 is 1.16 bits per heavy atom. The normalized spacial score (nSPS) is 43.2. The first-order valence-electron chi connectivity index (χ1n) is 13.0. The van der Waals surface area contributed by atoms with E-state index in [0.29, 0.717) is 31.2 Å². The lowest BCUT2D eigenvalue weighted by Gasteiger charge is -2.56. The number of aliphatic imine (C=N–C) groups is 1. The highest BCUT2D eigenvalue weighted by molar-refractivity contribution is 5.82. The van der Waals surface area contributed by atoms with E-state index in [2.05, 4.69) is 23.7 Å². The summed E-state index contributed by atoms with van der Waals surface area (Å²) in [6.45, 7) is 9.28. The van der Waals surface area contributed by atoms with E-state index in [9.17, 15) is 9.90 Å². The van der Waals surface area contributed by atoms with Crippen molar-refractivity contribution in [3.05, 3.63) is 18.0 Å². The molecule has 1 heterocycles. The van der Waals surface area contributed by atoms with Gasteiger partial charge in [-0.25, -0.2) is 0 Å². The van der Waals surface area contributed by atoms with Crippen LogP contribution < -0.4 is 0 Å². The molecule has 4 fully saturated rings. The molecule has 4 aliphatic carbocycles. The van der Waals surface area contributed by atoms with Crippen LogP contribution in [0.1, 0.15) is 83.6 Å². The summed E-state index contributed by atoms with van der Waals surface area (Å²) in [6.07, 6.45) is 15.0. The zero-order valence-corrected chi connectivity index (χ0v) is 20.0. The van der Waals surface area contributed by atoms with Gasteiger partial charge in [0.1, 0.15) is 5.78 Å². The van der Waals surface area contributed by atoms with Gasteiger partial charge in [0.05, 0.1) is 18.3 Å². The van der Waals surface area contributed by atoms with Gasteiger partial charge in [0.15, 0.2) is 0 Å². The van der Waals surface area contributed by atoms with Gasteiger partial charge < -0.3 is 5.11 Å². The molecule has 0 saturated heterocycles. The van der Waals surface area contributed by atoms with Crippen molar-refractivity contribution in [2.75, 3.05) is 0 Å². The fourth-order valence-corrected chi connectivity index (χ4v) is 8.75. The number of aryl methyl sites for hydroxylation is 1. The summed E-state index contributed by atoms with van der Waals surface area (Å²) in [7, 11) is 0. The molecule has 8 atom stereocenters. The van der Waals surface area contributed by atoms with Crippen LogP contribution in [0, 0.1) is 40.9 Å². The van der Waals surface area contributed by atoms with Gasteiger partial charge in [0.25, 0.3) is 0 Å². The molecule has 0 radical (unpaired) electrons. The van der Waals surface area contributed by atoms with Crippen molar-refractivity contribution in [3.63, 3.8) is 0 Å². The van der Waals surface area contributed by atoms with Gasteiger partial charge in [0.2, 0.25) is 0 Å². The second kappa shape index (κ2) is 8.38. The van der Waals surface area contributed by atoms with Gasteiger partial charge in [-0.05, 0) is 106 Å². The Labute approximate surface area is 193 Å². The van der Waals surface area contributed by atoms with E-state index in [-0.39, 0.29) is 11.3 Å². The Hall–Kier alpha value is -1.49. The first-order valence-corrected chi connectivity index (χ1v) is 13.0. The molecule has 5 nitrogen and oxygen atoms in total. The van der Waals surface area contributed by atoms with Gasteiger partial charge in [-0.15, -0.1) is 0 Å². The van der Waals surface area contributed by atoms with Crippen molar-refractivity contribution in [1.82, 2.24) is 9.78 Å². The van der Waals surface area contributed by atoms with E-state index in [1.807, 2.05) is 24.0 Å². The summed E-state index contributed by atoms with van der Waals surface area (Å²) < 4.78 is 1.89. The minimum Gasteiger partial charge on any atom is -0.390 e. The minimum absolute atomic E-state index is 0.188. The lowest BCUT2D eigenvalue weighted by Crippen LogP contribution is -2.51. The molecular weight excluding hydrogens is 398 g/mol. The molecule has 4 saturated carbocycles. The first kappa shape index (κ1) is 22.3. The number of aliphatic hydroxyl groups is 1. The van der Waals surface area contributed by atoms with Crippen molar-refractivity contribution < 1.29 is 9.90 Å². The molecular formula is C27H41N3O2. The molecule has 176 valence electrons. The average Bonchev–Trinajstić information content (AvgIpc) is 3.35. The van der Waals surface area contributed by atoms with Crippen LogP contribution in [0.4, 0.5) is 0 Å². The van der Waals surface area contributed by atoms with Gasteiger partial charge in [-0.2, -0.15) is 5.10 Å². The number of fused-ring (bicyclic) bond motifs is 5. The van der Waals surface area contributed by atoms with Crippen molar-refractivity contribution in [2.24, 2.45) is 45.9 Å². The van der Waals surface area contributed by atoms with Gasteiger partial charge in [0, 0.05) is 30.6 Å². The van der Waals surface area contributed by atoms with Gasteiger partial charge >= 0.3 is 0 Å². The fraction of sp³-hybridized carbons (Fsp3) is 0.815. The monoisotopic (exact) mass is 439 g/mol. The topological polar surface area (TPSA) is 67.5 Å². The highest BCUT2D eigenvalue weighted by atomic mass is 16.3. The van der Waals surface area contributed by atoms with Crippen LogP contribution in [0.25, 0.3) is 0 Å². The van der Waals surface area contributed by atoms with Crippen molar-refractivity contribution in [3.8, 4) is 0 Å². The fourth-order valence-electron chi connectivity index (χ4n) is 8.75. The summed E-state index contributed by atoms with van der Waals surface area (Å²) in [5.41, 5.74) is 0.797. The predicted molar refractivity (Wildman–Crippen MR) is 126 cm³/mol. The van der Waals surface area contributed by atoms with Gasteiger partial charge in [-0.1, -0.05) is 6.92 Å². The Bertz CT molecular complexity index is 861. The lowest BCUT2D eigenvalue weighted by atomic mass is 9.49. The van der Waals surface area contributed by atoms with E-state index in [1.54, 1.807) is 0 Å². The second-order valence-corrected chi connectivity index (χ2v) is 12.1. The second-order valence-electron chi connectivity index (χ2n) is 12.1. The standard InChI is InChI=1S/C27H41N3O2/c1-26(32)11-8-20-19(14-26)4-5-22-21(20)9-12-27(2)23(22)6-7-24(27)25(31)10-13-30-17-18(15-28-3)16-29-30/h16-17,19-24,32H,3-15H2,1-2H3/t19-,20-,21+,22+,23-,24+,26+,27-/m0/s1. The van der Waals surface area contributed by atoms with Crippen LogP contribution >= 0.6 is 0 Å². The van der Waals surface area contributed by atoms with Crippen LogP contribution in [-0.4, -0.2) is 33.0 Å². The van der Waals surface area contributed by atoms with E-state index in [0.717, 1.165) is 48.5 Å². The number of hydrogen-bond donors (Lipinski definition) is 1. The maximum atomic E-state index is 13.4. The average molecular weight is 440 g/mol. The van der Waals surface area contributed by atoms with Crippen LogP contribution in [-0.2, 0) is 17.9 Å². The predicted octanol–water partition coefficient (Wildman–Crippen LogP) is 5.06. The third-order valence-electron chi connectivity index (χ3n) is 10.2. The molecule has 0 spiro atoms. The van der Waals surface area contributed by atoms with Crippen molar-refractivity contribution >= 4 is 12.5 Å². The molecule has 0 amide bonds. The third kappa shape index (κ3) is 3.89. The quantitative estimate of drug-likeness (QED) is 0.630. The number of ketones is 1. The maximum Gasteiger partial charge on any atom is 0.138 e. The van der Waals surface area contributed by atoms with Crippen LogP contribution in [0.15, 0.2) is 17.4 Å². The largest absolute Gasteiger partial charge is 0.390 e. The summed E-state index contributed by atoms with van der Waals surface area (Å²) in [5, 5.41) is 15.0. The highest BCUT2D eigenvalue weighted by Crippen LogP contribution is 2.64. The number of hydrogen-bond acceptors (Lipinski definition) is 4. The summed E-state index contributed by atoms with van der Waals surface area (Å²) >= 11 is 0. The van der Waals surface area contributed by atoms with Crippen LogP contribution in [0.2, 0.25) is 0 Å². The molecule has 0 bridgehead atoms. The third-order valence-corrected chi connectivity index (χ3v) is 10.2. The number of Topliss-reactive ketones (excluding diaryl/α,β-unsaturated/α-hetero) is 1. The number of carbonyl (C=O) groups excluding carboxylic acids is 1. The summed E-state index contributed by atoms with van der Waals surface area (Å²) in [6, 6.07) is 0. The molecule has 5 heteroatoms. The number of aromatic nitrogens is 2. The van der Waals surface area contributed by atoms with Gasteiger partial charge in [-0.3, -0.25) is 14.5 Å². The molecule has 4 aliphatic rings. The molecule has 1 aromatic rings. The SMILES string of the molecule is C=NCc1cnn(CCC(=O)[C@H]2CC[C@H]3[C@@H]4CC[C@H]5C[C@](C)(O)CC[C@@H]5[C@H]4CC[C@]23C)c1. The zero-order valence-electron chi connectivity index (χ0n) is 20.0. The van der Waals surface area contributed by atoms with Crippen LogP contribution in [0.3, 0.4) is 0 Å². The number of nitrogens with zero attached hydrogens (tertiary/aromatic N) is 3. The number of carbonyl (C=O) groups is 1. The highest BCUT2D eigenvalue weighted by Gasteiger charge is 2.58. The molecule has 0 unspecified atom stereocenters. The van der Waals surface area contributed by atoms with Crippen molar-refractivity contribution in [2.45, 2.75) is 96.7 Å². The van der Waals surface area contributed by atoms with Crippen LogP contribution in [0.5, 0.6) is 0 Å². The van der Waals surface area contributed by atoms with E-state index in [4.69, 9.17) is 0 Å². The molecule has 0 aromatic carbocycles. The summed E-state index contributed by atoms with van der Waals surface area (Å²) in [4.78, 5) is 17.3. The Balaban J connectivity index is 1.23. The van der Waals surface area contributed by atoms with E-state index in [1.165, 1.54) is 38.5 Å². The van der Waals surface area contributed by atoms with E-state index >= 15 is 0 Å². The first-order chi connectivity index (χ1) is 15.3. The molecule has 5 rings (SSSR count). The van der Waals surface area contributed by atoms with E-state index < -0.39 is 5.60 Å². The minimum atomic E-state index is -0.445. The lowest BCUT2D eigenvalue weighted by molar-refractivity contribution is -0.132. The Morgan fingerprint density at radius 2 is 1.97 bits per heavy atom. The maximum absolute atomic E-state index is 13.4. The molecule has 32 heavy (non-hydrogen) atoms. The number of rotatable bonds is 6. The molecule has 1 aromatic heterocycles.